The number of halogens is 4. The number of alkyl halides is 4. The summed E-state index contributed by atoms with van der Waals surface area (Å²) in [4.78, 5) is 20.7. The van der Waals surface area contributed by atoms with Crippen molar-refractivity contribution in [2.24, 2.45) is 11.3 Å². The maximum absolute atomic E-state index is 14.3. The molecule has 0 bridgehead atoms. The topological polar surface area (TPSA) is 73.1 Å². The Hall–Kier alpha value is -3.50. The van der Waals surface area contributed by atoms with Gasteiger partial charge in [-0.2, -0.15) is 28.2 Å². The Kier molecular flexibility index (Phi) is 4.71. The fraction of sp³-hybridized carbons (Fsp3) is 0.417. The number of nitrogens with zero attached hydrogens (tertiary/aromatic N) is 5. The van der Waals surface area contributed by atoms with Crippen LogP contribution in [-0.4, -0.2) is 55.6 Å². The van der Waals surface area contributed by atoms with Crippen LogP contribution in [0.25, 0.3) is 5.69 Å². The van der Waals surface area contributed by atoms with Crippen molar-refractivity contribution in [3.63, 3.8) is 0 Å². The molecule has 1 aliphatic heterocycles. The number of carbonyl (C=O) groups excluding carboxylic acids is 1. The van der Waals surface area contributed by atoms with E-state index in [9.17, 15) is 22.4 Å². The van der Waals surface area contributed by atoms with Crippen LogP contribution in [0.5, 0.6) is 5.88 Å². The molecule has 3 aliphatic rings. The van der Waals surface area contributed by atoms with Gasteiger partial charge in [0.15, 0.2) is 0 Å². The number of hydrogen-bond donors (Lipinski definition) is 0. The van der Waals surface area contributed by atoms with Gasteiger partial charge in [0.05, 0.1) is 41.3 Å². The number of ether oxygens (including phenoxy) is 1. The van der Waals surface area contributed by atoms with E-state index in [1.165, 1.54) is 23.3 Å². The number of benzene rings is 1. The zero-order chi connectivity index (χ0) is 24.5. The van der Waals surface area contributed by atoms with E-state index in [4.69, 9.17) is 4.74 Å². The second-order valence-corrected chi connectivity index (χ2v) is 9.45. The molecule has 11 heteroatoms. The molecule has 1 spiro atoms. The first kappa shape index (κ1) is 22.0. The summed E-state index contributed by atoms with van der Waals surface area (Å²) in [5, 5.41) is 8.30. The number of aryl methyl sites for hydroxylation is 1. The zero-order valence-corrected chi connectivity index (χ0v) is 18.6. The molecule has 0 radical (unpaired) electrons. The number of piperidine rings is 1. The molecule has 3 heterocycles. The molecule has 1 saturated heterocycles. The molecule has 2 saturated carbocycles. The van der Waals surface area contributed by atoms with E-state index in [0.717, 1.165) is 18.7 Å². The highest BCUT2D eigenvalue weighted by molar-refractivity contribution is 6.00. The van der Waals surface area contributed by atoms with Crippen molar-refractivity contribution >= 4 is 5.91 Å². The largest absolute Gasteiger partial charge is 0.472 e. The maximum atomic E-state index is 14.3. The number of pyridine rings is 1. The van der Waals surface area contributed by atoms with Crippen molar-refractivity contribution in [2.75, 3.05) is 6.67 Å². The van der Waals surface area contributed by atoms with Crippen molar-refractivity contribution in [3.05, 3.63) is 65.6 Å². The van der Waals surface area contributed by atoms with E-state index < -0.39 is 30.6 Å². The highest BCUT2D eigenvalue weighted by Crippen LogP contribution is 2.74. The number of aromatic nitrogens is 4. The number of carbonyl (C=O) groups is 1. The van der Waals surface area contributed by atoms with Crippen LogP contribution in [0.15, 0.2) is 48.9 Å². The lowest BCUT2D eigenvalue weighted by molar-refractivity contribution is -0.137. The van der Waals surface area contributed by atoms with E-state index in [2.05, 4.69) is 15.2 Å². The van der Waals surface area contributed by atoms with E-state index in [-0.39, 0.29) is 29.2 Å². The predicted octanol–water partition coefficient (Wildman–Crippen LogP) is 4.01. The Morgan fingerprint density at radius 3 is 2.60 bits per heavy atom. The zero-order valence-electron chi connectivity index (χ0n) is 18.6. The van der Waals surface area contributed by atoms with Gasteiger partial charge in [0.25, 0.3) is 5.91 Å². The molecule has 3 fully saturated rings. The molecular weight excluding hydrogens is 466 g/mol. The van der Waals surface area contributed by atoms with Crippen LogP contribution < -0.4 is 4.74 Å². The van der Waals surface area contributed by atoms with Gasteiger partial charge in [0, 0.05) is 17.7 Å². The first-order valence-corrected chi connectivity index (χ1v) is 11.3. The third kappa shape index (κ3) is 3.24. The molecule has 182 valence electrons. The van der Waals surface area contributed by atoms with Crippen molar-refractivity contribution in [3.8, 4) is 11.6 Å². The average molecular weight is 487 g/mol. The van der Waals surface area contributed by atoms with Crippen molar-refractivity contribution in [1.29, 1.82) is 0 Å². The predicted molar refractivity (Wildman–Crippen MR) is 115 cm³/mol. The van der Waals surface area contributed by atoms with Crippen LogP contribution in [0, 0.1) is 18.3 Å². The summed E-state index contributed by atoms with van der Waals surface area (Å²) in [5.41, 5.74) is 0.505. The summed E-state index contributed by atoms with van der Waals surface area (Å²) in [6, 6.07) is 6.45. The summed E-state index contributed by atoms with van der Waals surface area (Å²) < 4.78 is 58.8. The summed E-state index contributed by atoms with van der Waals surface area (Å²) in [7, 11) is 0. The SMILES string of the molecule is Cc1cccc(-n2nccn2)c1C(=O)N1C(CF)C2CC23CC(Oc2ccc(C(F)(F)F)cn2)C13. The Morgan fingerprint density at radius 2 is 1.94 bits per heavy atom. The Labute approximate surface area is 197 Å². The molecule has 5 unspecified atom stereocenters. The van der Waals surface area contributed by atoms with Crippen LogP contribution in [0.4, 0.5) is 17.6 Å². The van der Waals surface area contributed by atoms with Crippen LogP contribution in [0.3, 0.4) is 0 Å². The summed E-state index contributed by atoms with van der Waals surface area (Å²) in [5.74, 6) is -0.246. The number of likely N-dealkylation sites (tertiary alicyclic amines) is 1. The van der Waals surface area contributed by atoms with Gasteiger partial charge in [-0.1, -0.05) is 12.1 Å². The lowest BCUT2D eigenvalue weighted by Gasteiger charge is -2.47. The van der Waals surface area contributed by atoms with Gasteiger partial charge in [-0.15, -0.1) is 0 Å². The minimum absolute atomic E-state index is 0.0390. The van der Waals surface area contributed by atoms with Gasteiger partial charge in [0.2, 0.25) is 5.88 Å². The van der Waals surface area contributed by atoms with E-state index in [1.54, 1.807) is 30.0 Å². The summed E-state index contributed by atoms with van der Waals surface area (Å²) in [6.07, 6.45) is 0.166. The lowest BCUT2D eigenvalue weighted by atomic mass is 9.72. The van der Waals surface area contributed by atoms with Crippen LogP contribution in [-0.2, 0) is 6.18 Å². The first-order valence-electron chi connectivity index (χ1n) is 11.3. The van der Waals surface area contributed by atoms with Gasteiger partial charge in [-0.25, -0.2) is 9.37 Å². The smallest absolute Gasteiger partial charge is 0.417 e. The fourth-order valence-corrected chi connectivity index (χ4v) is 6.02. The number of hydrogen-bond acceptors (Lipinski definition) is 5. The molecule has 5 atom stereocenters. The molecule has 35 heavy (non-hydrogen) atoms. The third-order valence-electron chi connectivity index (χ3n) is 7.65. The number of amides is 1. The minimum atomic E-state index is -4.50. The van der Waals surface area contributed by atoms with Gasteiger partial charge in [-0.3, -0.25) is 4.79 Å². The molecule has 2 aromatic heterocycles. The second-order valence-electron chi connectivity index (χ2n) is 9.45. The average Bonchev–Trinajstić information content (AvgIpc) is 3.23. The molecular formula is C24H21F4N5O2. The van der Waals surface area contributed by atoms with Crippen molar-refractivity contribution in [2.45, 2.75) is 44.1 Å². The van der Waals surface area contributed by atoms with Gasteiger partial charge >= 0.3 is 6.18 Å². The van der Waals surface area contributed by atoms with Gasteiger partial charge in [0.1, 0.15) is 12.8 Å². The monoisotopic (exact) mass is 487 g/mol. The normalized spacial score (nSPS) is 28.8. The lowest BCUT2D eigenvalue weighted by Crippen LogP contribution is -2.60. The summed E-state index contributed by atoms with van der Waals surface area (Å²) >= 11 is 0. The minimum Gasteiger partial charge on any atom is -0.472 e. The molecule has 2 aliphatic carbocycles. The maximum Gasteiger partial charge on any atom is 0.417 e. The molecule has 1 aromatic carbocycles. The molecule has 7 nitrogen and oxygen atoms in total. The van der Waals surface area contributed by atoms with Crippen molar-refractivity contribution in [1.82, 2.24) is 24.9 Å². The molecule has 3 aromatic rings. The molecule has 0 N–H and O–H groups in total. The van der Waals surface area contributed by atoms with Crippen LogP contribution in [0.1, 0.15) is 34.3 Å². The Bertz CT molecular complexity index is 1280. The molecule has 1 amide bonds. The summed E-state index contributed by atoms with van der Waals surface area (Å²) in [6.45, 7) is 1.12. The third-order valence-corrected chi connectivity index (χ3v) is 7.65. The molecule has 6 rings (SSSR count). The standard InChI is InChI=1S/C24H21F4N5O2/c1-13-3-2-4-16(33-30-7-8-31-33)20(13)22(34)32-17(11-25)15-9-23(15)10-18(21(23)32)35-19-6-5-14(12-29-19)24(26,27)28/h2-8,12,15,17-18,21H,9-11H2,1H3. The second kappa shape index (κ2) is 7.50. The van der Waals surface area contributed by atoms with Crippen molar-refractivity contribution < 1.29 is 27.1 Å². The van der Waals surface area contributed by atoms with Gasteiger partial charge < -0.3 is 9.64 Å². The Balaban J connectivity index is 1.31. The quantitative estimate of drug-likeness (QED) is 0.509. The highest BCUT2D eigenvalue weighted by atomic mass is 19.4. The highest BCUT2D eigenvalue weighted by Gasteiger charge is 2.79. The first-order chi connectivity index (χ1) is 16.7. The van der Waals surface area contributed by atoms with Crippen LogP contribution >= 0.6 is 0 Å². The van der Waals surface area contributed by atoms with Crippen LogP contribution in [0.2, 0.25) is 0 Å². The number of rotatable bonds is 5. The van der Waals surface area contributed by atoms with E-state index in [0.29, 0.717) is 23.2 Å². The van der Waals surface area contributed by atoms with Gasteiger partial charge in [-0.05, 0) is 43.4 Å². The van der Waals surface area contributed by atoms with E-state index >= 15 is 0 Å². The fourth-order valence-electron chi connectivity index (χ4n) is 6.02. The van der Waals surface area contributed by atoms with E-state index in [1.807, 2.05) is 0 Å². The Morgan fingerprint density at radius 1 is 1.17 bits per heavy atom.